The zero-order valence-electron chi connectivity index (χ0n) is 13.3. The number of hydrogen-bond donors (Lipinski definition) is 1. The molecule has 1 aliphatic rings. The van der Waals surface area contributed by atoms with Crippen LogP contribution in [0.5, 0.6) is 0 Å². The number of hydrogen-bond acceptors (Lipinski definition) is 4. The normalized spacial score (nSPS) is 21.9. The molecule has 2 aromatic rings. The second-order valence-electron chi connectivity index (χ2n) is 6.15. The Morgan fingerprint density at radius 1 is 1.36 bits per heavy atom. The summed E-state index contributed by atoms with van der Waals surface area (Å²) in [5.74, 6) is 0.537. The first-order valence-electron chi connectivity index (χ1n) is 7.99. The quantitative estimate of drug-likeness (QED) is 0.917. The Labute approximate surface area is 136 Å². The van der Waals surface area contributed by atoms with E-state index in [0.717, 1.165) is 36.6 Å². The third-order valence-electron chi connectivity index (χ3n) is 4.23. The highest BCUT2D eigenvalue weighted by Gasteiger charge is 2.26. The predicted molar refractivity (Wildman–Crippen MR) is 91.3 cm³/mol. The molecule has 4 heteroatoms. The van der Waals surface area contributed by atoms with Crippen molar-refractivity contribution in [2.45, 2.75) is 39.4 Å². The van der Waals surface area contributed by atoms with Crippen molar-refractivity contribution in [3.8, 4) is 0 Å². The largest absolute Gasteiger partial charge is 0.371 e. The van der Waals surface area contributed by atoms with Gasteiger partial charge in [0.15, 0.2) is 0 Å². The SMILES string of the molecule is Cc1cccc(C[C@@H]2CNCC[C@@H]2OCc2csc(C)n2)c1. The molecule has 3 nitrogen and oxygen atoms in total. The van der Waals surface area contributed by atoms with E-state index in [1.807, 2.05) is 6.92 Å². The monoisotopic (exact) mass is 316 g/mol. The molecule has 0 aliphatic carbocycles. The fourth-order valence-corrected chi connectivity index (χ4v) is 3.73. The molecular weight excluding hydrogens is 292 g/mol. The minimum absolute atomic E-state index is 0.323. The predicted octanol–water partition coefficient (Wildman–Crippen LogP) is 3.50. The molecule has 0 saturated carbocycles. The van der Waals surface area contributed by atoms with Crippen LogP contribution >= 0.6 is 11.3 Å². The molecule has 22 heavy (non-hydrogen) atoms. The van der Waals surface area contributed by atoms with E-state index < -0.39 is 0 Å². The minimum Gasteiger partial charge on any atom is -0.371 e. The molecule has 0 amide bonds. The average Bonchev–Trinajstić information content (AvgIpc) is 2.92. The Morgan fingerprint density at radius 3 is 3.05 bits per heavy atom. The van der Waals surface area contributed by atoms with E-state index in [1.165, 1.54) is 11.1 Å². The Morgan fingerprint density at radius 2 is 2.27 bits per heavy atom. The van der Waals surface area contributed by atoms with Crippen molar-refractivity contribution in [3.05, 3.63) is 51.5 Å². The van der Waals surface area contributed by atoms with Gasteiger partial charge in [0.25, 0.3) is 0 Å². The van der Waals surface area contributed by atoms with Gasteiger partial charge in [-0.2, -0.15) is 0 Å². The summed E-state index contributed by atoms with van der Waals surface area (Å²) in [6.45, 7) is 6.92. The molecule has 1 aliphatic heterocycles. The van der Waals surface area contributed by atoms with Crippen molar-refractivity contribution in [3.63, 3.8) is 0 Å². The highest BCUT2D eigenvalue weighted by Crippen LogP contribution is 2.22. The topological polar surface area (TPSA) is 34.1 Å². The molecule has 2 atom stereocenters. The summed E-state index contributed by atoms with van der Waals surface area (Å²) in [6, 6.07) is 8.81. The van der Waals surface area contributed by atoms with Gasteiger partial charge >= 0.3 is 0 Å². The van der Waals surface area contributed by atoms with Crippen molar-refractivity contribution in [2.75, 3.05) is 13.1 Å². The lowest BCUT2D eigenvalue weighted by atomic mass is 9.89. The van der Waals surface area contributed by atoms with E-state index in [1.54, 1.807) is 11.3 Å². The van der Waals surface area contributed by atoms with E-state index in [-0.39, 0.29) is 0 Å². The third-order valence-corrected chi connectivity index (χ3v) is 5.05. The van der Waals surface area contributed by atoms with Crippen molar-refractivity contribution in [2.24, 2.45) is 5.92 Å². The van der Waals surface area contributed by atoms with Gasteiger partial charge in [0.1, 0.15) is 0 Å². The van der Waals surface area contributed by atoms with E-state index in [4.69, 9.17) is 4.74 Å². The fourth-order valence-electron chi connectivity index (χ4n) is 3.13. The Balaban J connectivity index is 1.60. The van der Waals surface area contributed by atoms with Gasteiger partial charge in [0, 0.05) is 17.8 Å². The third kappa shape index (κ3) is 4.15. The molecule has 0 bridgehead atoms. The lowest BCUT2D eigenvalue weighted by molar-refractivity contribution is -0.0163. The maximum Gasteiger partial charge on any atom is 0.0900 e. The van der Waals surface area contributed by atoms with Crippen molar-refractivity contribution >= 4 is 11.3 Å². The Kier molecular flexibility index (Phi) is 5.24. The van der Waals surface area contributed by atoms with Crippen LogP contribution in [-0.2, 0) is 17.8 Å². The number of ether oxygens (including phenoxy) is 1. The van der Waals surface area contributed by atoms with Crippen LogP contribution in [0.25, 0.3) is 0 Å². The van der Waals surface area contributed by atoms with E-state index in [0.29, 0.717) is 18.6 Å². The summed E-state index contributed by atoms with van der Waals surface area (Å²) < 4.78 is 6.20. The summed E-state index contributed by atoms with van der Waals surface area (Å²) in [5, 5.41) is 6.72. The summed E-state index contributed by atoms with van der Waals surface area (Å²) in [7, 11) is 0. The van der Waals surface area contributed by atoms with E-state index in [9.17, 15) is 0 Å². The first kappa shape index (κ1) is 15.7. The van der Waals surface area contributed by atoms with Crippen LogP contribution in [0.3, 0.4) is 0 Å². The number of aromatic nitrogens is 1. The molecule has 1 saturated heterocycles. The molecule has 3 rings (SSSR count). The molecule has 2 heterocycles. The van der Waals surface area contributed by atoms with Gasteiger partial charge in [-0.25, -0.2) is 4.98 Å². The second kappa shape index (κ2) is 7.36. The lowest BCUT2D eigenvalue weighted by Gasteiger charge is -2.32. The molecule has 1 aromatic heterocycles. The zero-order chi connectivity index (χ0) is 15.4. The number of thiazole rings is 1. The van der Waals surface area contributed by atoms with Crippen LogP contribution < -0.4 is 5.32 Å². The zero-order valence-corrected chi connectivity index (χ0v) is 14.2. The highest BCUT2D eigenvalue weighted by molar-refractivity contribution is 7.09. The van der Waals surface area contributed by atoms with Crippen LogP contribution in [0.1, 0.15) is 28.2 Å². The number of benzene rings is 1. The maximum absolute atomic E-state index is 6.20. The minimum atomic E-state index is 0.323. The smallest absolute Gasteiger partial charge is 0.0900 e. The molecule has 1 aromatic carbocycles. The second-order valence-corrected chi connectivity index (χ2v) is 7.22. The standard InChI is InChI=1S/C18H24N2OS/c1-13-4-3-5-15(8-13)9-16-10-19-7-6-18(16)21-11-17-12-22-14(2)20-17/h3-5,8,12,16,18-19H,6-7,9-11H2,1-2H3/t16-,18+/m1/s1. The Bertz CT molecular complexity index is 611. The van der Waals surface area contributed by atoms with Gasteiger partial charge in [0.2, 0.25) is 0 Å². The van der Waals surface area contributed by atoms with E-state index in [2.05, 4.69) is 46.9 Å². The average molecular weight is 316 g/mol. The molecular formula is C18H24N2OS. The summed E-state index contributed by atoms with van der Waals surface area (Å²) in [6.07, 6.45) is 2.48. The van der Waals surface area contributed by atoms with Gasteiger partial charge in [0.05, 0.1) is 23.4 Å². The summed E-state index contributed by atoms with van der Waals surface area (Å²) in [4.78, 5) is 4.49. The van der Waals surface area contributed by atoms with Gasteiger partial charge in [-0.05, 0) is 38.8 Å². The van der Waals surface area contributed by atoms with Gasteiger partial charge in [-0.15, -0.1) is 11.3 Å². The van der Waals surface area contributed by atoms with Crippen molar-refractivity contribution in [1.82, 2.24) is 10.3 Å². The number of nitrogens with zero attached hydrogens (tertiary/aromatic N) is 1. The maximum atomic E-state index is 6.20. The van der Waals surface area contributed by atoms with E-state index >= 15 is 0 Å². The summed E-state index contributed by atoms with van der Waals surface area (Å²) in [5.41, 5.74) is 3.80. The van der Waals surface area contributed by atoms with Crippen LogP contribution in [0.4, 0.5) is 0 Å². The Hall–Kier alpha value is -1.23. The molecule has 0 spiro atoms. The first-order valence-corrected chi connectivity index (χ1v) is 8.87. The van der Waals surface area contributed by atoms with Crippen LogP contribution in [0.2, 0.25) is 0 Å². The summed E-state index contributed by atoms with van der Waals surface area (Å²) >= 11 is 1.69. The molecule has 0 radical (unpaired) electrons. The van der Waals surface area contributed by atoms with Crippen LogP contribution in [0, 0.1) is 19.8 Å². The highest BCUT2D eigenvalue weighted by atomic mass is 32.1. The fraction of sp³-hybridized carbons (Fsp3) is 0.500. The number of rotatable bonds is 5. The molecule has 118 valence electrons. The number of nitrogens with one attached hydrogen (secondary N) is 1. The number of aryl methyl sites for hydroxylation is 2. The first-order chi connectivity index (χ1) is 10.7. The molecule has 1 N–H and O–H groups in total. The van der Waals surface area contributed by atoms with Crippen molar-refractivity contribution in [1.29, 1.82) is 0 Å². The van der Waals surface area contributed by atoms with Gasteiger partial charge in [-0.1, -0.05) is 29.8 Å². The van der Waals surface area contributed by atoms with Crippen molar-refractivity contribution < 1.29 is 4.74 Å². The molecule has 0 unspecified atom stereocenters. The van der Waals surface area contributed by atoms with Crippen LogP contribution in [0.15, 0.2) is 29.6 Å². The van der Waals surface area contributed by atoms with Crippen LogP contribution in [-0.4, -0.2) is 24.2 Å². The van der Waals surface area contributed by atoms with Gasteiger partial charge in [-0.3, -0.25) is 0 Å². The molecule has 1 fully saturated rings. The number of piperidine rings is 1. The van der Waals surface area contributed by atoms with Gasteiger partial charge < -0.3 is 10.1 Å². The lowest BCUT2D eigenvalue weighted by Crippen LogP contribution is -2.42.